The highest BCUT2D eigenvalue weighted by Crippen LogP contribution is 2.31. The van der Waals surface area contributed by atoms with E-state index in [1.165, 1.54) is 23.9 Å². The molecule has 0 atom stereocenters. The van der Waals surface area contributed by atoms with E-state index in [0.29, 0.717) is 5.69 Å². The number of nitrogens with one attached hydrogen (secondary N) is 1. The molecule has 114 valence electrons. The maximum absolute atomic E-state index is 12.2. The second-order valence-corrected chi connectivity index (χ2v) is 5.86. The van der Waals surface area contributed by atoms with Gasteiger partial charge in [0.1, 0.15) is 0 Å². The molecule has 0 radical (unpaired) electrons. The van der Waals surface area contributed by atoms with Crippen LogP contribution in [0.15, 0.2) is 34.3 Å². The third kappa shape index (κ3) is 2.82. The second-order valence-electron chi connectivity index (χ2n) is 5.02. The lowest BCUT2D eigenvalue weighted by Gasteiger charge is -2.16. The van der Waals surface area contributed by atoms with Gasteiger partial charge in [-0.05, 0) is 17.9 Å². The number of amides is 1. The quantitative estimate of drug-likeness (QED) is 0.680. The van der Waals surface area contributed by atoms with Gasteiger partial charge in [-0.1, -0.05) is 17.8 Å². The van der Waals surface area contributed by atoms with Crippen molar-refractivity contribution in [3.63, 3.8) is 0 Å². The highest BCUT2D eigenvalue weighted by molar-refractivity contribution is 8.16. The summed E-state index contributed by atoms with van der Waals surface area (Å²) in [7, 11) is 0. The summed E-state index contributed by atoms with van der Waals surface area (Å²) >= 11 is 1.52. The molecule has 0 spiro atoms. The molecule has 7 nitrogen and oxygen atoms in total. The predicted octanol–water partition coefficient (Wildman–Crippen LogP) is 2.49. The van der Waals surface area contributed by atoms with Gasteiger partial charge >= 0.3 is 0 Å². The number of amidine groups is 1. The Morgan fingerprint density at radius 1 is 1.55 bits per heavy atom. The molecule has 2 aliphatic heterocycles. The van der Waals surface area contributed by atoms with Gasteiger partial charge in [0.05, 0.1) is 23.6 Å². The molecule has 0 bridgehead atoms. The van der Waals surface area contributed by atoms with Gasteiger partial charge in [-0.15, -0.1) is 0 Å². The Morgan fingerprint density at radius 3 is 3.14 bits per heavy atom. The molecule has 2 aliphatic rings. The summed E-state index contributed by atoms with van der Waals surface area (Å²) in [6.45, 7) is 3.36. The average molecular weight is 318 g/mol. The average Bonchev–Trinajstić information content (AvgIpc) is 3.06. The third-order valence-electron chi connectivity index (χ3n) is 3.50. The summed E-state index contributed by atoms with van der Waals surface area (Å²) in [6.07, 6.45) is 0.230. The first-order chi connectivity index (χ1) is 10.5. The number of benzene rings is 1. The number of anilines is 1. The highest BCUT2D eigenvalue weighted by Gasteiger charge is 2.27. The van der Waals surface area contributed by atoms with Crippen LogP contribution >= 0.6 is 11.8 Å². The monoisotopic (exact) mass is 318 g/mol. The Hall–Kier alpha value is -2.35. The van der Waals surface area contributed by atoms with E-state index >= 15 is 0 Å². The Labute approximate surface area is 131 Å². The third-order valence-corrected chi connectivity index (χ3v) is 4.45. The van der Waals surface area contributed by atoms with Crippen LogP contribution in [0.5, 0.6) is 0 Å². The molecule has 1 N–H and O–H groups in total. The lowest BCUT2D eigenvalue weighted by molar-refractivity contribution is -0.384. The molecule has 8 heteroatoms. The summed E-state index contributed by atoms with van der Waals surface area (Å²) in [5.41, 5.74) is 2.14. The molecular formula is C14H14N4O3S. The smallest absolute Gasteiger partial charge is 0.271 e. The largest absolute Gasteiger partial charge is 0.325 e. The minimum absolute atomic E-state index is 0.0366. The van der Waals surface area contributed by atoms with Crippen LogP contribution in [0.25, 0.3) is 0 Å². The van der Waals surface area contributed by atoms with Crippen molar-refractivity contribution in [2.24, 2.45) is 4.99 Å². The van der Waals surface area contributed by atoms with E-state index in [0.717, 1.165) is 29.5 Å². The first kappa shape index (κ1) is 14.6. The fraction of sp³-hybridized carbons (Fsp3) is 0.286. The summed E-state index contributed by atoms with van der Waals surface area (Å²) < 4.78 is 0. The number of aliphatic imine (C=N–C) groups is 1. The van der Waals surface area contributed by atoms with E-state index in [-0.39, 0.29) is 18.0 Å². The number of aryl methyl sites for hydroxylation is 1. The van der Waals surface area contributed by atoms with E-state index in [2.05, 4.69) is 10.3 Å². The highest BCUT2D eigenvalue weighted by atomic mass is 32.2. The van der Waals surface area contributed by atoms with Crippen molar-refractivity contribution in [1.29, 1.82) is 0 Å². The number of rotatable bonds is 4. The van der Waals surface area contributed by atoms with E-state index in [4.69, 9.17) is 0 Å². The van der Waals surface area contributed by atoms with Gasteiger partial charge < -0.3 is 10.2 Å². The van der Waals surface area contributed by atoms with E-state index in [1.54, 1.807) is 13.0 Å². The summed E-state index contributed by atoms with van der Waals surface area (Å²) in [4.78, 5) is 28.9. The number of hydrogen-bond acceptors (Lipinski definition) is 6. The van der Waals surface area contributed by atoms with Crippen molar-refractivity contribution >= 4 is 34.2 Å². The lowest BCUT2D eigenvalue weighted by atomic mass is 10.1. The van der Waals surface area contributed by atoms with Crippen molar-refractivity contribution in [3.8, 4) is 0 Å². The Morgan fingerprint density at radius 2 is 2.36 bits per heavy atom. The van der Waals surface area contributed by atoms with Crippen LogP contribution < -0.4 is 5.32 Å². The van der Waals surface area contributed by atoms with Crippen LogP contribution in [-0.4, -0.2) is 34.0 Å². The van der Waals surface area contributed by atoms with Crippen LogP contribution in [0.1, 0.15) is 12.0 Å². The number of carbonyl (C=O) groups excluding carboxylic acids is 1. The molecule has 0 saturated heterocycles. The number of nitrogens with zero attached hydrogens (tertiary/aromatic N) is 3. The fourth-order valence-corrected chi connectivity index (χ4v) is 3.29. The first-order valence-corrected chi connectivity index (χ1v) is 7.65. The Bertz CT molecular complexity index is 714. The van der Waals surface area contributed by atoms with Gasteiger partial charge in [0.15, 0.2) is 5.17 Å². The van der Waals surface area contributed by atoms with Gasteiger partial charge in [0, 0.05) is 24.4 Å². The van der Waals surface area contributed by atoms with Gasteiger partial charge in [-0.25, -0.2) is 0 Å². The standard InChI is InChI=1S/C14H14N4O3S/c1-9-2-3-10(18(20)21)6-12(9)16-13(19)7-11-8-22-14-15-4-5-17(11)14/h2-3,6,8H,4-5,7H2,1H3,(H,16,19). The van der Waals surface area contributed by atoms with Crippen LogP contribution in [0.3, 0.4) is 0 Å². The van der Waals surface area contributed by atoms with Gasteiger partial charge in [0.25, 0.3) is 5.69 Å². The minimum atomic E-state index is -0.474. The minimum Gasteiger partial charge on any atom is -0.325 e. The van der Waals surface area contributed by atoms with Gasteiger partial charge in [0.2, 0.25) is 5.91 Å². The lowest BCUT2D eigenvalue weighted by Crippen LogP contribution is -2.24. The summed E-state index contributed by atoms with van der Waals surface area (Å²) in [6, 6.07) is 4.44. The van der Waals surface area contributed by atoms with Crippen molar-refractivity contribution in [3.05, 3.63) is 45.0 Å². The van der Waals surface area contributed by atoms with Crippen LogP contribution in [0, 0.1) is 17.0 Å². The normalized spacial score (nSPS) is 16.1. The van der Waals surface area contributed by atoms with Crippen LogP contribution in [0.4, 0.5) is 11.4 Å². The zero-order valence-electron chi connectivity index (χ0n) is 11.9. The molecule has 22 heavy (non-hydrogen) atoms. The topological polar surface area (TPSA) is 87.8 Å². The van der Waals surface area contributed by atoms with Gasteiger partial charge in [-0.2, -0.15) is 0 Å². The maximum atomic E-state index is 12.2. The molecule has 2 heterocycles. The molecule has 0 fully saturated rings. The number of carbonyl (C=O) groups is 1. The second kappa shape index (κ2) is 5.80. The number of thioether (sulfide) groups is 1. The van der Waals surface area contributed by atoms with E-state index < -0.39 is 4.92 Å². The number of hydrogen-bond donors (Lipinski definition) is 1. The molecule has 0 unspecified atom stereocenters. The van der Waals surface area contributed by atoms with E-state index in [9.17, 15) is 14.9 Å². The Kier molecular flexibility index (Phi) is 3.84. The summed E-state index contributed by atoms with van der Waals surface area (Å²) in [5, 5.41) is 16.4. The van der Waals surface area contributed by atoms with E-state index in [1.807, 2.05) is 10.3 Å². The fourth-order valence-electron chi connectivity index (χ4n) is 2.33. The zero-order chi connectivity index (χ0) is 15.7. The van der Waals surface area contributed by atoms with Crippen LogP contribution in [-0.2, 0) is 4.79 Å². The predicted molar refractivity (Wildman–Crippen MR) is 85.8 cm³/mol. The van der Waals surface area contributed by atoms with Crippen molar-refractivity contribution < 1.29 is 9.72 Å². The molecule has 1 aromatic rings. The molecule has 0 aliphatic carbocycles. The van der Waals surface area contributed by atoms with Crippen LogP contribution in [0.2, 0.25) is 0 Å². The number of nitro groups is 1. The van der Waals surface area contributed by atoms with Crippen molar-refractivity contribution in [1.82, 2.24) is 4.90 Å². The molecule has 3 rings (SSSR count). The molecule has 1 aromatic carbocycles. The SMILES string of the molecule is Cc1ccc([N+](=O)[O-])cc1NC(=O)CC1=CSC2=NCCN12. The Balaban J connectivity index is 1.68. The number of nitro benzene ring substituents is 1. The van der Waals surface area contributed by atoms with Crippen molar-refractivity contribution in [2.75, 3.05) is 18.4 Å². The maximum Gasteiger partial charge on any atom is 0.271 e. The molecule has 0 saturated carbocycles. The molecular weight excluding hydrogens is 304 g/mol. The number of non-ortho nitro benzene ring substituents is 1. The van der Waals surface area contributed by atoms with Crippen molar-refractivity contribution in [2.45, 2.75) is 13.3 Å². The molecule has 0 aromatic heterocycles. The van der Waals surface area contributed by atoms with Gasteiger partial charge in [-0.3, -0.25) is 19.9 Å². The first-order valence-electron chi connectivity index (χ1n) is 6.77. The molecule has 1 amide bonds. The zero-order valence-corrected chi connectivity index (χ0v) is 12.7. The summed E-state index contributed by atoms with van der Waals surface area (Å²) in [5.74, 6) is -0.191. The number of fused-ring (bicyclic) bond motifs is 1.